The number of hydrogen-bond donors (Lipinski definition) is 1. The van der Waals surface area contributed by atoms with E-state index in [4.69, 9.17) is 18.9 Å². The van der Waals surface area contributed by atoms with Crippen molar-refractivity contribution in [1.82, 2.24) is 10.2 Å². The molecule has 0 saturated heterocycles. The van der Waals surface area contributed by atoms with Crippen LogP contribution in [0, 0.1) is 0 Å². The Balaban J connectivity index is 1.87. The van der Waals surface area contributed by atoms with Gasteiger partial charge in [0.2, 0.25) is 5.91 Å². The van der Waals surface area contributed by atoms with Crippen molar-refractivity contribution in [2.75, 3.05) is 59.4 Å². The molecule has 0 unspecified atom stereocenters. The molecule has 0 atom stereocenters. The molecule has 1 aromatic rings. The Morgan fingerprint density at radius 2 is 1.21 bits per heavy atom. The highest BCUT2D eigenvalue weighted by molar-refractivity contribution is 6.21. The van der Waals surface area contributed by atoms with Crippen LogP contribution in [0.2, 0.25) is 0 Å². The number of fused-ring (bicyclic) bond motifs is 1. The summed E-state index contributed by atoms with van der Waals surface area (Å²) in [4.78, 5) is 70.6. The molecule has 3 amide bonds. The monoisotopic (exact) mass is 534 g/mol. The van der Waals surface area contributed by atoms with Crippen LogP contribution in [-0.2, 0) is 38.1 Å². The van der Waals surface area contributed by atoms with Gasteiger partial charge in [-0.3, -0.25) is 19.3 Å². The minimum atomic E-state index is -1.13. The molecular weight excluding hydrogens is 500 g/mol. The number of amides is 3. The van der Waals surface area contributed by atoms with Gasteiger partial charge >= 0.3 is 0 Å². The summed E-state index contributed by atoms with van der Waals surface area (Å²) in [5, 5.41) is 2.84. The summed E-state index contributed by atoms with van der Waals surface area (Å²) in [5.74, 6) is -1.16. The predicted molar refractivity (Wildman–Crippen MR) is 133 cm³/mol. The molecule has 2 rings (SSSR count). The quantitative estimate of drug-likeness (QED) is 0.125. The molecule has 1 heterocycles. The number of carbonyl (C=O) groups excluding carboxylic acids is 6. The Morgan fingerprint density at radius 1 is 0.737 bits per heavy atom. The van der Waals surface area contributed by atoms with Crippen LogP contribution in [0.1, 0.15) is 46.4 Å². The van der Waals surface area contributed by atoms with Crippen molar-refractivity contribution in [3.05, 3.63) is 35.4 Å². The number of rotatable bonds is 22. The first-order chi connectivity index (χ1) is 18.5. The number of nitrogens with one attached hydrogen (secondary N) is 1. The van der Waals surface area contributed by atoms with Gasteiger partial charge < -0.3 is 38.6 Å². The van der Waals surface area contributed by atoms with E-state index in [1.54, 1.807) is 24.3 Å². The lowest BCUT2D eigenvalue weighted by Crippen LogP contribution is -2.58. The maximum Gasteiger partial charge on any atom is 0.261 e. The zero-order chi connectivity index (χ0) is 27.6. The number of imide groups is 1. The fraction of sp³-hybridized carbons (Fsp3) is 0.538. The molecule has 1 N–H and O–H groups in total. The molecule has 0 aliphatic carbocycles. The summed E-state index contributed by atoms with van der Waals surface area (Å²) < 4.78 is 22.2. The van der Waals surface area contributed by atoms with Gasteiger partial charge in [-0.1, -0.05) is 12.1 Å². The number of aldehydes is 3. The molecule has 0 fully saturated rings. The van der Waals surface area contributed by atoms with Crippen LogP contribution in [-0.4, -0.2) is 106 Å². The molecule has 0 aromatic heterocycles. The van der Waals surface area contributed by atoms with Gasteiger partial charge in [0, 0.05) is 25.7 Å². The minimum absolute atomic E-state index is 0.0229. The highest BCUT2D eigenvalue weighted by atomic mass is 16.5. The fourth-order valence-corrected chi connectivity index (χ4v) is 3.65. The van der Waals surface area contributed by atoms with Crippen molar-refractivity contribution in [3.8, 4) is 0 Å². The number of nitrogens with zero attached hydrogens (tertiary/aromatic N) is 1. The smallest absolute Gasteiger partial charge is 0.261 e. The summed E-state index contributed by atoms with van der Waals surface area (Å²) in [5.41, 5.74) is -0.421. The molecule has 1 aliphatic rings. The van der Waals surface area contributed by atoms with Gasteiger partial charge in [0.25, 0.3) is 11.8 Å². The molecule has 1 aliphatic heterocycles. The van der Waals surface area contributed by atoms with Crippen LogP contribution < -0.4 is 5.32 Å². The maximum atomic E-state index is 12.8. The zero-order valence-electron chi connectivity index (χ0n) is 21.3. The Labute approximate surface area is 220 Å². The van der Waals surface area contributed by atoms with Crippen LogP contribution in [0.3, 0.4) is 0 Å². The Kier molecular flexibility index (Phi) is 14.0. The normalized spacial score (nSPS) is 12.9. The SMILES string of the molecule is O=CCCOCC(COCCC=O)(COCCC=O)NC(=O)CCOCCN1C(=O)c2ccccc2C1=O. The van der Waals surface area contributed by atoms with Gasteiger partial charge in [0.1, 0.15) is 24.4 Å². The second-order valence-corrected chi connectivity index (χ2v) is 8.52. The van der Waals surface area contributed by atoms with Crippen molar-refractivity contribution in [1.29, 1.82) is 0 Å². The molecule has 0 radical (unpaired) electrons. The van der Waals surface area contributed by atoms with Crippen LogP contribution in [0.5, 0.6) is 0 Å². The third-order valence-corrected chi connectivity index (χ3v) is 5.49. The Hall–Kier alpha value is -3.32. The van der Waals surface area contributed by atoms with E-state index in [0.717, 1.165) is 4.90 Å². The molecule has 38 heavy (non-hydrogen) atoms. The first-order valence-electron chi connectivity index (χ1n) is 12.4. The van der Waals surface area contributed by atoms with Gasteiger partial charge in [0.15, 0.2) is 0 Å². The second kappa shape index (κ2) is 17.2. The zero-order valence-corrected chi connectivity index (χ0v) is 21.3. The topological polar surface area (TPSA) is 155 Å². The molecule has 0 bridgehead atoms. The van der Waals surface area contributed by atoms with E-state index in [1.165, 1.54) is 0 Å². The molecule has 208 valence electrons. The standard InChI is InChI=1S/C26H34N2O10/c29-10-3-13-36-18-26(19-37-14-4-11-30,20-38-15-5-12-31)27-23(32)8-16-35-17-9-28-24(33)21-6-1-2-7-22(21)25(28)34/h1-2,6-7,10-12H,3-5,8-9,13-20H2,(H,27,32). The molecule has 1 aromatic carbocycles. The maximum absolute atomic E-state index is 12.8. The molecule has 0 spiro atoms. The molecule has 12 heteroatoms. The third kappa shape index (κ3) is 9.86. The largest absolute Gasteiger partial charge is 0.379 e. The van der Waals surface area contributed by atoms with E-state index in [0.29, 0.717) is 30.0 Å². The van der Waals surface area contributed by atoms with Crippen molar-refractivity contribution in [2.24, 2.45) is 0 Å². The van der Waals surface area contributed by atoms with Crippen LogP contribution in [0.4, 0.5) is 0 Å². The molecular formula is C26H34N2O10. The van der Waals surface area contributed by atoms with Crippen LogP contribution in [0.25, 0.3) is 0 Å². The second-order valence-electron chi connectivity index (χ2n) is 8.52. The van der Waals surface area contributed by atoms with Crippen molar-refractivity contribution in [2.45, 2.75) is 31.2 Å². The van der Waals surface area contributed by atoms with Gasteiger partial charge in [-0.25, -0.2) is 0 Å². The lowest BCUT2D eigenvalue weighted by molar-refractivity contribution is -0.129. The minimum Gasteiger partial charge on any atom is -0.379 e. The first-order valence-corrected chi connectivity index (χ1v) is 12.4. The van der Waals surface area contributed by atoms with Gasteiger partial charge in [0.05, 0.1) is 70.5 Å². The van der Waals surface area contributed by atoms with Gasteiger partial charge in [-0.05, 0) is 12.1 Å². The van der Waals surface area contributed by atoms with E-state index in [-0.39, 0.29) is 96.9 Å². The predicted octanol–water partition coefficient (Wildman–Crippen LogP) is 0.361. The Bertz CT molecular complexity index is 876. The fourth-order valence-electron chi connectivity index (χ4n) is 3.65. The highest BCUT2D eigenvalue weighted by Gasteiger charge is 2.35. The van der Waals surface area contributed by atoms with Crippen LogP contribution >= 0.6 is 0 Å². The van der Waals surface area contributed by atoms with E-state index >= 15 is 0 Å². The number of ether oxygens (including phenoxy) is 4. The Morgan fingerprint density at radius 3 is 1.66 bits per heavy atom. The summed E-state index contributed by atoms with van der Waals surface area (Å²) in [6.07, 6.45) is 2.60. The summed E-state index contributed by atoms with van der Waals surface area (Å²) in [6, 6.07) is 6.58. The first kappa shape index (κ1) is 30.9. The van der Waals surface area contributed by atoms with Crippen molar-refractivity contribution in [3.63, 3.8) is 0 Å². The van der Waals surface area contributed by atoms with Gasteiger partial charge in [-0.2, -0.15) is 0 Å². The third-order valence-electron chi connectivity index (χ3n) is 5.49. The van der Waals surface area contributed by atoms with Gasteiger partial charge in [-0.15, -0.1) is 0 Å². The van der Waals surface area contributed by atoms with E-state index in [2.05, 4.69) is 5.32 Å². The summed E-state index contributed by atoms with van der Waals surface area (Å²) in [6.45, 7) is 0.426. The number of hydrogen-bond acceptors (Lipinski definition) is 10. The molecule has 12 nitrogen and oxygen atoms in total. The summed E-state index contributed by atoms with van der Waals surface area (Å²) >= 11 is 0. The number of carbonyl (C=O) groups is 6. The van der Waals surface area contributed by atoms with Crippen LogP contribution in [0.15, 0.2) is 24.3 Å². The number of benzene rings is 1. The average molecular weight is 535 g/mol. The lowest BCUT2D eigenvalue weighted by Gasteiger charge is -2.34. The molecule has 0 saturated carbocycles. The summed E-state index contributed by atoms with van der Waals surface area (Å²) in [7, 11) is 0. The van der Waals surface area contributed by atoms with E-state index in [1.807, 2.05) is 0 Å². The van der Waals surface area contributed by atoms with E-state index in [9.17, 15) is 28.8 Å². The van der Waals surface area contributed by atoms with Crippen molar-refractivity contribution >= 4 is 36.6 Å². The lowest BCUT2D eigenvalue weighted by atomic mass is 10.0. The highest BCUT2D eigenvalue weighted by Crippen LogP contribution is 2.21. The average Bonchev–Trinajstić information content (AvgIpc) is 3.16. The van der Waals surface area contributed by atoms with E-state index < -0.39 is 11.4 Å². The van der Waals surface area contributed by atoms with Crippen molar-refractivity contribution < 1.29 is 47.7 Å².